The molecule has 5 atom stereocenters. The van der Waals surface area contributed by atoms with Crippen LogP contribution >= 0.6 is 15.9 Å². The number of allylic oxidation sites excluding steroid dienone is 4. The molecule has 0 aromatic heterocycles. The van der Waals surface area contributed by atoms with Crippen molar-refractivity contribution < 1.29 is 34.0 Å². The molecule has 1 unspecified atom stereocenters. The van der Waals surface area contributed by atoms with Crippen molar-refractivity contribution in [2.24, 2.45) is 23.2 Å². The highest BCUT2D eigenvalue weighted by Crippen LogP contribution is 2.60. The van der Waals surface area contributed by atoms with Gasteiger partial charge in [-0.1, -0.05) is 66.8 Å². The smallest absolute Gasteiger partial charge is 0.316 e. The summed E-state index contributed by atoms with van der Waals surface area (Å²) in [6.45, 7) is 9.28. The maximum Gasteiger partial charge on any atom is 0.316 e. The minimum Gasteiger partial charge on any atom is -0.461 e. The third kappa shape index (κ3) is 13.0. The van der Waals surface area contributed by atoms with Gasteiger partial charge in [-0.05, 0) is 125 Å². The summed E-state index contributed by atoms with van der Waals surface area (Å²) in [7, 11) is 0. The Morgan fingerprint density at radius 3 is 2.55 bits per heavy atom. The number of anilines is 1. The Bertz CT molecular complexity index is 1620. The van der Waals surface area contributed by atoms with Gasteiger partial charge in [-0.15, -0.1) is 0 Å². The highest BCUT2D eigenvalue weighted by atomic mass is 79.9. The minimum atomic E-state index is -0.669. The number of alkyl halides is 1. The Morgan fingerprint density at radius 2 is 1.84 bits per heavy atom. The summed E-state index contributed by atoms with van der Waals surface area (Å²) >= 11 is 3.21. The number of nitro groups is 2. The molecule has 2 N–H and O–H groups in total. The number of halogens is 1. The quantitative estimate of drug-likeness (QED) is 0.0450. The second kappa shape index (κ2) is 20.5. The molecular weight excluding hydrogens is 770 g/mol. The molecule has 0 heterocycles. The summed E-state index contributed by atoms with van der Waals surface area (Å²) in [6.07, 6.45) is 19.6. The van der Waals surface area contributed by atoms with Gasteiger partial charge in [0.15, 0.2) is 0 Å². The van der Waals surface area contributed by atoms with Crippen molar-refractivity contribution in [1.82, 2.24) is 0 Å². The van der Waals surface area contributed by atoms with E-state index in [9.17, 15) is 34.9 Å². The molecule has 0 spiro atoms. The first-order chi connectivity index (χ1) is 26.1. The first-order valence-corrected chi connectivity index (χ1v) is 21.1. The van der Waals surface area contributed by atoms with E-state index in [0.717, 1.165) is 49.3 Å². The number of hydrogen-bond donors (Lipinski definition) is 2. The molecule has 3 aliphatic carbocycles. The Hall–Kier alpha value is -3.58. The number of ether oxygens (including phenoxy) is 2. The number of esters is 2. The number of carbonyl (C=O) groups excluding carboxylic acids is 2. The third-order valence-corrected chi connectivity index (χ3v) is 12.5. The summed E-state index contributed by atoms with van der Waals surface area (Å²) in [5.41, 5.74) is 2.92. The molecule has 55 heavy (non-hydrogen) atoms. The number of fused-ring (bicyclic) bond motifs is 1. The minimum absolute atomic E-state index is 0.154. The molecule has 304 valence electrons. The van der Waals surface area contributed by atoms with Crippen LogP contribution in [0.2, 0.25) is 0 Å². The van der Waals surface area contributed by atoms with Crippen LogP contribution in [-0.4, -0.2) is 57.1 Å². The largest absolute Gasteiger partial charge is 0.461 e. The van der Waals surface area contributed by atoms with Crippen LogP contribution in [0.3, 0.4) is 0 Å². The van der Waals surface area contributed by atoms with Crippen molar-refractivity contribution >= 4 is 44.9 Å². The molecule has 3 aliphatic rings. The van der Waals surface area contributed by atoms with Gasteiger partial charge in [-0.3, -0.25) is 29.8 Å². The fraction of sp³-hybridized carbons (Fsp3) is 0.667. The Morgan fingerprint density at radius 1 is 1.05 bits per heavy atom. The van der Waals surface area contributed by atoms with E-state index in [-0.39, 0.29) is 58.9 Å². The number of non-ortho nitro benzene ring substituents is 1. The average Bonchev–Trinajstić information content (AvgIpc) is 3.49. The molecule has 1 aromatic rings. The van der Waals surface area contributed by atoms with Gasteiger partial charge in [-0.25, -0.2) is 0 Å². The van der Waals surface area contributed by atoms with Crippen molar-refractivity contribution in [3.05, 3.63) is 73.4 Å². The van der Waals surface area contributed by atoms with E-state index in [1.54, 1.807) is 0 Å². The molecule has 0 radical (unpaired) electrons. The lowest BCUT2D eigenvalue weighted by molar-refractivity contribution is -0.393. The van der Waals surface area contributed by atoms with E-state index >= 15 is 0 Å². The van der Waals surface area contributed by atoms with Gasteiger partial charge in [0.25, 0.3) is 11.4 Å². The van der Waals surface area contributed by atoms with Crippen LogP contribution in [0.1, 0.15) is 124 Å². The van der Waals surface area contributed by atoms with Gasteiger partial charge in [0.1, 0.15) is 23.7 Å². The van der Waals surface area contributed by atoms with E-state index in [1.165, 1.54) is 43.4 Å². The number of nitrogens with zero attached hydrogens (tertiary/aromatic N) is 2. The second-order valence-corrected chi connectivity index (χ2v) is 17.1. The van der Waals surface area contributed by atoms with E-state index in [2.05, 4.69) is 47.2 Å². The zero-order chi connectivity index (χ0) is 40.2. The summed E-state index contributed by atoms with van der Waals surface area (Å²) in [5, 5.41) is 35.7. The average molecular weight is 831 g/mol. The fourth-order valence-electron chi connectivity index (χ4n) is 9.20. The first kappa shape index (κ1) is 44.1. The molecular formula is C42H60BrN3O9. The molecule has 13 heteroatoms. The van der Waals surface area contributed by atoms with Gasteiger partial charge in [0.2, 0.25) is 0 Å². The van der Waals surface area contributed by atoms with Crippen LogP contribution in [0.25, 0.3) is 0 Å². The second-order valence-electron chi connectivity index (χ2n) is 16.6. The molecule has 0 bridgehead atoms. The number of nitro benzene ring substituents is 2. The SMILES string of the molecule is C[C@H](CCCC(C)(C)O)[C@H]1CCC2C(=CC=C3C[C@@H](OC(=O)CBr)CCC3=CCOC(=O)CCCCCNc3ccc([N+](=O)[O-])cc3[N+](=O)[O-])CCC[C@@]21C. The predicted molar refractivity (Wildman–Crippen MR) is 217 cm³/mol. The van der Waals surface area contributed by atoms with E-state index in [4.69, 9.17) is 9.47 Å². The molecule has 1 aromatic carbocycles. The highest BCUT2D eigenvalue weighted by Gasteiger charge is 2.50. The van der Waals surface area contributed by atoms with E-state index in [1.807, 2.05) is 19.9 Å². The summed E-state index contributed by atoms with van der Waals surface area (Å²) < 4.78 is 11.3. The molecule has 0 saturated heterocycles. The van der Waals surface area contributed by atoms with Gasteiger partial charge in [-0.2, -0.15) is 0 Å². The number of benzene rings is 1. The van der Waals surface area contributed by atoms with Crippen molar-refractivity contribution in [3.63, 3.8) is 0 Å². The number of rotatable bonds is 19. The molecule has 4 rings (SSSR count). The Balaban J connectivity index is 1.31. The van der Waals surface area contributed by atoms with Crippen LogP contribution in [0, 0.1) is 43.4 Å². The van der Waals surface area contributed by atoms with Gasteiger partial charge >= 0.3 is 11.9 Å². The van der Waals surface area contributed by atoms with Crippen LogP contribution < -0.4 is 5.32 Å². The Kier molecular flexibility index (Phi) is 16.5. The van der Waals surface area contributed by atoms with E-state index in [0.29, 0.717) is 56.4 Å². The van der Waals surface area contributed by atoms with Crippen LogP contribution in [0.5, 0.6) is 0 Å². The highest BCUT2D eigenvalue weighted by molar-refractivity contribution is 9.09. The lowest BCUT2D eigenvalue weighted by Gasteiger charge is -2.44. The number of aliphatic hydroxyl groups is 1. The number of hydrogen-bond acceptors (Lipinski definition) is 10. The molecule has 12 nitrogen and oxygen atoms in total. The van der Waals surface area contributed by atoms with Crippen molar-refractivity contribution in [3.8, 4) is 0 Å². The fourth-order valence-corrected chi connectivity index (χ4v) is 9.33. The first-order valence-electron chi connectivity index (χ1n) is 20.0. The Labute approximate surface area is 334 Å². The topological polar surface area (TPSA) is 171 Å². The van der Waals surface area contributed by atoms with Gasteiger partial charge in [0.05, 0.1) is 21.5 Å². The summed E-state index contributed by atoms with van der Waals surface area (Å²) in [5.74, 6) is 1.27. The van der Waals surface area contributed by atoms with Crippen LogP contribution in [-0.2, 0) is 19.1 Å². The van der Waals surface area contributed by atoms with Crippen molar-refractivity contribution in [1.29, 1.82) is 0 Å². The monoisotopic (exact) mass is 829 g/mol. The summed E-state index contributed by atoms with van der Waals surface area (Å²) in [4.78, 5) is 45.7. The normalized spacial score (nSPS) is 25.4. The molecule has 3 saturated carbocycles. The summed E-state index contributed by atoms with van der Waals surface area (Å²) in [6, 6.07) is 3.50. The van der Waals surface area contributed by atoms with Crippen LogP contribution in [0.15, 0.2) is 53.1 Å². The van der Waals surface area contributed by atoms with Crippen LogP contribution in [0.4, 0.5) is 17.1 Å². The lowest BCUT2D eigenvalue weighted by atomic mass is 9.60. The number of unbranched alkanes of at least 4 members (excludes halogenated alkanes) is 2. The molecule has 3 fully saturated rings. The number of carbonyl (C=O) groups is 2. The van der Waals surface area contributed by atoms with Crippen molar-refractivity contribution in [2.75, 3.05) is 23.8 Å². The third-order valence-electron chi connectivity index (χ3n) is 12.0. The zero-order valence-corrected chi connectivity index (χ0v) is 34.6. The zero-order valence-electron chi connectivity index (χ0n) is 33.0. The maximum atomic E-state index is 12.6. The van der Waals surface area contributed by atoms with Gasteiger partial charge < -0.3 is 19.9 Å². The standard InChI is InChI=1S/C42H60BrN3O9/c1-29(10-8-22-41(2,3)49)35-18-19-36-31(11-9-23-42(35,36)4)13-14-32-26-34(55-40(48)28-43)17-15-30(32)21-25-54-39(47)12-6-5-7-24-44-37-20-16-33(45(50)51)27-38(37)46(52)53/h13-14,16,20-21,27,29,34-36,44,49H,5-12,15,17-19,22-26,28H2,1-4H3/t29-,34+,35-,36?,42-/m1/s1. The van der Waals surface area contributed by atoms with Crippen molar-refractivity contribution in [2.45, 2.75) is 136 Å². The lowest BCUT2D eigenvalue weighted by Crippen LogP contribution is -2.36. The molecule has 0 aliphatic heterocycles. The maximum absolute atomic E-state index is 12.6. The predicted octanol–water partition coefficient (Wildman–Crippen LogP) is 10.1. The molecule has 0 amide bonds. The van der Waals surface area contributed by atoms with Gasteiger partial charge in [0, 0.05) is 25.5 Å². The van der Waals surface area contributed by atoms with E-state index < -0.39 is 15.4 Å². The number of nitrogens with one attached hydrogen (secondary N) is 1.